The number of aliphatic hydroxyl groups is 1. The Hall–Kier alpha value is -1.65. The number of nitrogens with zero attached hydrogens (tertiary/aromatic N) is 2. The van der Waals surface area contributed by atoms with Crippen LogP contribution in [0.5, 0.6) is 0 Å². The van der Waals surface area contributed by atoms with Crippen LogP contribution in [0.1, 0.15) is 18.4 Å². The Balaban J connectivity index is 1.75. The first-order valence-electron chi connectivity index (χ1n) is 6.92. The van der Waals surface area contributed by atoms with E-state index in [1.54, 1.807) is 24.4 Å². The minimum atomic E-state index is -0.883. The Morgan fingerprint density at radius 1 is 1.14 bits per heavy atom. The number of anilines is 1. The second kappa shape index (κ2) is 5.62. The van der Waals surface area contributed by atoms with Crippen molar-refractivity contribution >= 4 is 17.4 Å². The lowest BCUT2D eigenvalue weighted by Gasteiger charge is -2.39. The van der Waals surface area contributed by atoms with E-state index in [1.165, 1.54) is 6.07 Å². The lowest BCUT2D eigenvalue weighted by atomic mass is 9.84. The van der Waals surface area contributed by atoms with Crippen LogP contribution in [-0.4, -0.2) is 23.2 Å². The molecule has 1 N–H and O–H groups in total. The number of halogens is 2. The Bertz CT molecular complexity index is 624. The SMILES string of the molecule is OC1(c2ccc(Cl)cc2)CCN(c2ncccc2F)CC1. The second-order valence-electron chi connectivity index (χ2n) is 5.33. The van der Waals surface area contributed by atoms with Crippen LogP contribution in [0.2, 0.25) is 5.02 Å². The van der Waals surface area contributed by atoms with E-state index in [0.717, 1.165) is 5.56 Å². The van der Waals surface area contributed by atoms with Gasteiger partial charge in [-0.1, -0.05) is 23.7 Å². The van der Waals surface area contributed by atoms with Gasteiger partial charge in [0.05, 0.1) is 5.60 Å². The van der Waals surface area contributed by atoms with E-state index in [1.807, 2.05) is 17.0 Å². The van der Waals surface area contributed by atoms with E-state index in [2.05, 4.69) is 4.98 Å². The summed E-state index contributed by atoms with van der Waals surface area (Å²) in [5.41, 5.74) is -0.0279. The van der Waals surface area contributed by atoms with Crippen LogP contribution in [0.4, 0.5) is 10.2 Å². The topological polar surface area (TPSA) is 36.4 Å². The molecule has 1 aliphatic heterocycles. The van der Waals surface area contributed by atoms with Crippen molar-refractivity contribution in [1.82, 2.24) is 4.98 Å². The molecular formula is C16H16ClFN2O. The molecule has 0 bridgehead atoms. The van der Waals surface area contributed by atoms with Crippen LogP contribution in [0, 0.1) is 5.82 Å². The van der Waals surface area contributed by atoms with Gasteiger partial charge in [-0.25, -0.2) is 9.37 Å². The van der Waals surface area contributed by atoms with E-state index in [0.29, 0.717) is 36.8 Å². The molecule has 3 rings (SSSR count). The van der Waals surface area contributed by atoms with E-state index in [-0.39, 0.29) is 5.82 Å². The van der Waals surface area contributed by atoms with E-state index in [4.69, 9.17) is 11.6 Å². The molecule has 1 aromatic carbocycles. The maximum absolute atomic E-state index is 13.8. The molecule has 0 radical (unpaired) electrons. The molecule has 110 valence electrons. The smallest absolute Gasteiger partial charge is 0.165 e. The third-order valence-electron chi connectivity index (χ3n) is 4.01. The summed E-state index contributed by atoms with van der Waals surface area (Å²) < 4.78 is 13.8. The number of rotatable bonds is 2. The zero-order valence-electron chi connectivity index (χ0n) is 11.5. The predicted octanol–water partition coefficient (Wildman–Crippen LogP) is 3.36. The molecule has 0 unspecified atom stereocenters. The van der Waals surface area contributed by atoms with E-state index >= 15 is 0 Å². The number of benzene rings is 1. The van der Waals surface area contributed by atoms with Gasteiger partial charge in [-0.05, 0) is 42.7 Å². The molecule has 5 heteroatoms. The largest absolute Gasteiger partial charge is 0.385 e. The van der Waals surface area contributed by atoms with Gasteiger partial charge < -0.3 is 10.0 Å². The highest BCUT2D eigenvalue weighted by Crippen LogP contribution is 2.34. The summed E-state index contributed by atoms with van der Waals surface area (Å²) in [4.78, 5) is 5.96. The first kappa shape index (κ1) is 14.3. The minimum absolute atomic E-state index is 0.325. The monoisotopic (exact) mass is 306 g/mol. The highest BCUT2D eigenvalue weighted by atomic mass is 35.5. The fourth-order valence-electron chi connectivity index (χ4n) is 2.75. The molecule has 1 saturated heterocycles. The standard InChI is InChI=1S/C16H16ClFN2O/c17-13-5-3-12(4-6-13)16(21)7-10-20(11-8-16)15-14(18)2-1-9-19-15/h1-6,9,21H,7-8,10-11H2. The van der Waals surface area contributed by atoms with Crippen LogP contribution in [0.3, 0.4) is 0 Å². The fraction of sp³-hybridized carbons (Fsp3) is 0.312. The van der Waals surface area contributed by atoms with Gasteiger partial charge >= 0.3 is 0 Å². The van der Waals surface area contributed by atoms with E-state index in [9.17, 15) is 9.50 Å². The van der Waals surface area contributed by atoms with Crippen LogP contribution < -0.4 is 4.90 Å². The molecule has 3 nitrogen and oxygen atoms in total. The van der Waals surface area contributed by atoms with Crippen molar-refractivity contribution in [2.75, 3.05) is 18.0 Å². The van der Waals surface area contributed by atoms with Gasteiger partial charge in [-0.3, -0.25) is 0 Å². The zero-order chi connectivity index (χ0) is 14.9. The summed E-state index contributed by atoms with van der Waals surface area (Å²) in [6, 6.07) is 10.2. The van der Waals surface area contributed by atoms with Crippen LogP contribution >= 0.6 is 11.6 Å². The van der Waals surface area contributed by atoms with Gasteiger partial charge in [-0.2, -0.15) is 0 Å². The third-order valence-corrected chi connectivity index (χ3v) is 4.26. The van der Waals surface area contributed by atoms with Gasteiger partial charge in [0.15, 0.2) is 11.6 Å². The third kappa shape index (κ3) is 2.87. The molecule has 0 aliphatic carbocycles. The molecule has 0 amide bonds. The molecule has 0 saturated carbocycles. The van der Waals surface area contributed by atoms with E-state index < -0.39 is 5.60 Å². The Morgan fingerprint density at radius 3 is 2.43 bits per heavy atom. The average Bonchev–Trinajstić information content (AvgIpc) is 2.49. The summed E-state index contributed by atoms with van der Waals surface area (Å²) >= 11 is 5.88. The molecule has 1 aromatic heterocycles. The van der Waals surface area contributed by atoms with Crippen molar-refractivity contribution in [3.8, 4) is 0 Å². The number of hydrogen-bond donors (Lipinski definition) is 1. The van der Waals surface area contributed by atoms with Gasteiger partial charge in [0, 0.05) is 24.3 Å². The van der Waals surface area contributed by atoms with Crippen molar-refractivity contribution in [1.29, 1.82) is 0 Å². The predicted molar refractivity (Wildman–Crippen MR) is 81.0 cm³/mol. The number of pyridine rings is 1. The molecule has 2 heterocycles. The maximum atomic E-state index is 13.8. The second-order valence-corrected chi connectivity index (χ2v) is 5.77. The molecule has 0 atom stereocenters. The van der Waals surface area contributed by atoms with Crippen molar-refractivity contribution in [2.45, 2.75) is 18.4 Å². The summed E-state index contributed by atoms with van der Waals surface area (Å²) in [7, 11) is 0. The van der Waals surface area contributed by atoms with Crippen molar-refractivity contribution in [3.05, 3.63) is 59.0 Å². The minimum Gasteiger partial charge on any atom is -0.385 e. The maximum Gasteiger partial charge on any atom is 0.165 e. The summed E-state index contributed by atoms with van der Waals surface area (Å²) in [5, 5.41) is 11.4. The molecule has 0 spiro atoms. The first-order valence-corrected chi connectivity index (χ1v) is 7.30. The van der Waals surface area contributed by atoms with Crippen molar-refractivity contribution in [3.63, 3.8) is 0 Å². The summed E-state index contributed by atoms with van der Waals surface area (Å²) in [5.74, 6) is 0.0325. The molecule has 1 fully saturated rings. The molecule has 21 heavy (non-hydrogen) atoms. The fourth-order valence-corrected chi connectivity index (χ4v) is 2.87. The lowest BCUT2D eigenvalue weighted by Crippen LogP contribution is -2.43. The molecule has 1 aliphatic rings. The van der Waals surface area contributed by atoms with Gasteiger partial charge in [0.2, 0.25) is 0 Å². The Morgan fingerprint density at radius 2 is 1.81 bits per heavy atom. The summed E-state index contributed by atoms with van der Waals surface area (Å²) in [6.07, 6.45) is 2.65. The Kier molecular flexibility index (Phi) is 3.83. The van der Waals surface area contributed by atoms with Crippen LogP contribution in [0.25, 0.3) is 0 Å². The number of aromatic nitrogens is 1. The lowest BCUT2D eigenvalue weighted by molar-refractivity contribution is 0.0115. The van der Waals surface area contributed by atoms with Crippen LogP contribution in [-0.2, 0) is 5.60 Å². The molecular weight excluding hydrogens is 291 g/mol. The average molecular weight is 307 g/mol. The quantitative estimate of drug-likeness (QED) is 0.924. The van der Waals surface area contributed by atoms with Crippen molar-refractivity contribution < 1.29 is 9.50 Å². The van der Waals surface area contributed by atoms with Gasteiger partial charge in [-0.15, -0.1) is 0 Å². The zero-order valence-corrected chi connectivity index (χ0v) is 12.2. The highest BCUT2D eigenvalue weighted by molar-refractivity contribution is 6.30. The van der Waals surface area contributed by atoms with Crippen molar-refractivity contribution in [2.24, 2.45) is 0 Å². The molecule has 2 aromatic rings. The Labute approximate surface area is 128 Å². The number of piperidine rings is 1. The first-order chi connectivity index (χ1) is 10.1. The van der Waals surface area contributed by atoms with Crippen LogP contribution in [0.15, 0.2) is 42.6 Å². The normalized spacial score (nSPS) is 17.8. The summed E-state index contributed by atoms with van der Waals surface area (Å²) in [6.45, 7) is 1.13. The van der Waals surface area contributed by atoms with Gasteiger partial charge in [0.25, 0.3) is 0 Å². The van der Waals surface area contributed by atoms with Gasteiger partial charge in [0.1, 0.15) is 0 Å². The highest BCUT2D eigenvalue weighted by Gasteiger charge is 2.34. The number of hydrogen-bond acceptors (Lipinski definition) is 3.